The highest BCUT2D eigenvalue weighted by molar-refractivity contribution is 7.13. The molecule has 1 amide bonds. The van der Waals surface area contributed by atoms with E-state index in [1.54, 1.807) is 6.92 Å². The van der Waals surface area contributed by atoms with E-state index in [2.05, 4.69) is 34.0 Å². The second-order valence-electron chi connectivity index (χ2n) is 4.95. The monoisotopic (exact) mass is 320 g/mol. The van der Waals surface area contributed by atoms with E-state index in [1.807, 2.05) is 5.38 Å². The summed E-state index contributed by atoms with van der Waals surface area (Å²) in [6.45, 7) is 8.63. The topological polar surface area (TPSA) is 78.1 Å². The number of rotatable bonds is 6. The van der Waals surface area contributed by atoms with Gasteiger partial charge in [-0.1, -0.05) is 13.8 Å². The average Bonchev–Trinajstić information content (AvgIpc) is 2.91. The zero-order valence-corrected chi connectivity index (χ0v) is 13.8. The van der Waals surface area contributed by atoms with Crippen molar-refractivity contribution in [2.45, 2.75) is 27.3 Å². The van der Waals surface area contributed by atoms with Crippen molar-refractivity contribution >= 4 is 22.4 Å². The first-order valence-corrected chi connectivity index (χ1v) is 8.08. The maximum absolute atomic E-state index is 12.1. The van der Waals surface area contributed by atoms with Crippen molar-refractivity contribution in [3.05, 3.63) is 44.8 Å². The summed E-state index contributed by atoms with van der Waals surface area (Å²) >= 11 is 1.36. The maximum Gasteiger partial charge on any atom is 0.262 e. The largest absolute Gasteiger partial charge is 0.364 e. The van der Waals surface area contributed by atoms with Crippen LogP contribution in [0.3, 0.4) is 0 Å². The predicted octanol–water partition coefficient (Wildman–Crippen LogP) is 2.23. The van der Waals surface area contributed by atoms with Gasteiger partial charge in [-0.3, -0.25) is 19.8 Å². The van der Waals surface area contributed by atoms with Crippen LogP contribution in [0.5, 0.6) is 0 Å². The first-order valence-electron chi connectivity index (χ1n) is 7.21. The lowest BCUT2D eigenvalue weighted by Crippen LogP contribution is -2.23. The lowest BCUT2D eigenvalue weighted by molar-refractivity contribution is 0.102. The van der Waals surface area contributed by atoms with E-state index in [0.29, 0.717) is 5.13 Å². The number of aromatic nitrogens is 2. The van der Waals surface area contributed by atoms with Crippen LogP contribution in [0.4, 0.5) is 5.13 Å². The molecule has 0 saturated heterocycles. The number of hydrogen-bond donors (Lipinski definition) is 2. The quantitative estimate of drug-likeness (QED) is 0.855. The minimum Gasteiger partial charge on any atom is -0.364 e. The van der Waals surface area contributed by atoms with Gasteiger partial charge in [0.05, 0.1) is 5.69 Å². The van der Waals surface area contributed by atoms with Crippen LogP contribution in [0.15, 0.2) is 22.4 Å². The van der Waals surface area contributed by atoms with Crippen molar-refractivity contribution in [2.24, 2.45) is 0 Å². The van der Waals surface area contributed by atoms with Gasteiger partial charge in [-0.15, -0.1) is 11.3 Å². The number of hydrogen-bond acceptors (Lipinski definition) is 5. The zero-order chi connectivity index (χ0) is 16.1. The number of aryl methyl sites for hydroxylation is 1. The Morgan fingerprint density at radius 1 is 1.41 bits per heavy atom. The Balaban J connectivity index is 2.06. The Hall–Kier alpha value is -1.99. The standard InChI is InChI=1S/C15H20N4O2S/c1-4-19(5-2)8-11-9-22-15(17-11)18-14(21)12-7-16-10(3)6-13(12)20/h6-7,9H,4-5,8H2,1-3H3,(H,16,20)(H,17,18,21). The fourth-order valence-corrected chi connectivity index (χ4v) is 2.72. The molecular weight excluding hydrogens is 300 g/mol. The van der Waals surface area contributed by atoms with Gasteiger partial charge >= 0.3 is 0 Å². The van der Waals surface area contributed by atoms with Crippen LogP contribution in [0, 0.1) is 6.92 Å². The molecule has 0 spiro atoms. The molecule has 118 valence electrons. The van der Waals surface area contributed by atoms with Gasteiger partial charge in [0.25, 0.3) is 5.91 Å². The highest BCUT2D eigenvalue weighted by Gasteiger charge is 2.13. The number of amides is 1. The molecule has 0 aliphatic rings. The van der Waals surface area contributed by atoms with E-state index in [9.17, 15) is 9.59 Å². The molecule has 0 unspecified atom stereocenters. The number of anilines is 1. The molecule has 0 bridgehead atoms. The van der Waals surface area contributed by atoms with Crippen molar-refractivity contribution in [1.82, 2.24) is 14.9 Å². The third-order valence-electron chi connectivity index (χ3n) is 3.35. The summed E-state index contributed by atoms with van der Waals surface area (Å²) in [6, 6.07) is 1.41. The van der Waals surface area contributed by atoms with E-state index in [4.69, 9.17) is 0 Å². The van der Waals surface area contributed by atoms with E-state index in [0.717, 1.165) is 31.0 Å². The van der Waals surface area contributed by atoms with Crippen molar-refractivity contribution in [2.75, 3.05) is 18.4 Å². The fourth-order valence-electron chi connectivity index (χ4n) is 2.03. The first-order chi connectivity index (χ1) is 10.5. The zero-order valence-electron chi connectivity index (χ0n) is 13.0. The third-order valence-corrected chi connectivity index (χ3v) is 4.16. The van der Waals surface area contributed by atoms with Gasteiger partial charge in [-0.25, -0.2) is 4.98 Å². The van der Waals surface area contributed by atoms with Crippen molar-refractivity contribution in [3.63, 3.8) is 0 Å². The second-order valence-corrected chi connectivity index (χ2v) is 5.81. The highest BCUT2D eigenvalue weighted by Crippen LogP contribution is 2.17. The summed E-state index contributed by atoms with van der Waals surface area (Å²) < 4.78 is 0. The van der Waals surface area contributed by atoms with Gasteiger partial charge in [-0.05, 0) is 20.0 Å². The molecule has 7 heteroatoms. The summed E-state index contributed by atoms with van der Waals surface area (Å²) in [5, 5.41) is 5.11. The minimum absolute atomic E-state index is 0.0890. The Morgan fingerprint density at radius 3 is 2.77 bits per heavy atom. The lowest BCUT2D eigenvalue weighted by Gasteiger charge is -2.15. The molecule has 22 heavy (non-hydrogen) atoms. The van der Waals surface area contributed by atoms with Gasteiger partial charge in [0.15, 0.2) is 10.6 Å². The Kier molecular flexibility index (Phi) is 5.46. The molecule has 0 aromatic carbocycles. The maximum atomic E-state index is 12.1. The Bertz CT molecular complexity index is 704. The van der Waals surface area contributed by atoms with E-state index < -0.39 is 5.91 Å². The van der Waals surface area contributed by atoms with Crippen LogP contribution in [0.1, 0.15) is 35.6 Å². The third kappa shape index (κ3) is 4.02. The summed E-state index contributed by atoms with van der Waals surface area (Å²) in [7, 11) is 0. The van der Waals surface area contributed by atoms with E-state index in [1.165, 1.54) is 23.6 Å². The number of aromatic amines is 1. The molecule has 6 nitrogen and oxygen atoms in total. The normalized spacial score (nSPS) is 10.9. The molecule has 2 aromatic heterocycles. The number of H-pyrrole nitrogens is 1. The van der Waals surface area contributed by atoms with Gasteiger partial charge in [-0.2, -0.15) is 0 Å². The fraction of sp³-hybridized carbons (Fsp3) is 0.400. The van der Waals surface area contributed by atoms with Crippen LogP contribution in [-0.2, 0) is 6.54 Å². The highest BCUT2D eigenvalue weighted by atomic mass is 32.1. The summed E-state index contributed by atoms with van der Waals surface area (Å²) in [4.78, 5) is 33.4. The molecule has 0 atom stereocenters. The van der Waals surface area contributed by atoms with Crippen molar-refractivity contribution < 1.29 is 4.79 Å². The van der Waals surface area contributed by atoms with Crippen LogP contribution < -0.4 is 10.7 Å². The van der Waals surface area contributed by atoms with Crippen LogP contribution in [0.25, 0.3) is 0 Å². The van der Waals surface area contributed by atoms with Crippen molar-refractivity contribution in [1.29, 1.82) is 0 Å². The molecule has 2 rings (SSSR count). The summed E-state index contributed by atoms with van der Waals surface area (Å²) in [6.07, 6.45) is 1.43. The molecule has 2 N–H and O–H groups in total. The molecule has 2 aromatic rings. The number of pyridine rings is 1. The number of nitrogens with zero attached hydrogens (tertiary/aromatic N) is 2. The van der Waals surface area contributed by atoms with Crippen LogP contribution in [-0.4, -0.2) is 33.9 Å². The van der Waals surface area contributed by atoms with Gasteiger partial charge < -0.3 is 4.98 Å². The van der Waals surface area contributed by atoms with Gasteiger partial charge in [0, 0.05) is 29.9 Å². The molecule has 0 aliphatic carbocycles. The van der Waals surface area contributed by atoms with E-state index in [-0.39, 0.29) is 11.0 Å². The SMILES string of the molecule is CCN(CC)Cc1csc(NC(=O)c2c[nH]c(C)cc2=O)n1. The molecule has 0 saturated carbocycles. The smallest absolute Gasteiger partial charge is 0.262 e. The molecular formula is C15H20N4O2S. The number of nitrogens with one attached hydrogen (secondary N) is 2. The number of thiazole rings is 1. The minimum atomic E-state index is -0.440. The van der Waals surface area contributed by atoms with Crippen LogP contribution >= 0.6 is 11.3 Å². The summed E-state index contributed by atoms with van der Waals surface area (Å²) in [5.74, 6) is -0.440. The lowest BCUT2D eigenvalue weighted by atomic mass is 10.2. The molecule has 0 radical (unpaired) electrons. The summed E-state index contributed by atoms with van der Waals surface area (Å²) in [5.41, 5.74) is 1.43. The van der Waals surface area contributed by atoms with Crippen molar-refractivity contribution in [3.8, 4) is 0 Å². The van der Waals surface area contributed by atoms with Gasteiger partial charge in [0.1, 0.15) is 5.56 Å². The first kappa shape index (κ1) is 16.4. The molecule has 2 heterocycles. The number of carbonyl (C=O) groups is 1. The van der Waals surface area contributed by atoms with E-state index >= 15 is 0 Å². The predicted molar refractivity (Wildman–Crippen MR) is 88.5 cm³/mol. The second kappa shape index (κ2) is 7.33. The average molecular weight is 320 g/mol. The Labute approximate surface area is 133 Å². The van der Waals surface area contributed by atoms with Crippen LogP contribution in [0.2, 0.25) is 0 Å². The Morgan fingerprint density at radius 2 is 2.14 bits per heavy atom. The number of carbonyl (C=O) groups excluding carboxylic acids is 1. The molecule has 0 fully saturated rings. The molecule has 0 aliphatic heterocycles. The van der Waals surface area contributed by atoms with Gasteiger partial charge in [0.2, 0.25) is 0 Å².